The first-order chi connectivity index (χ1) is 15.5. The third-order valence-electron chi connectivity index (χ3n) is 6.00. The van der Waals surface area contributed by atoms with Gasteiger partial charge in [0.05, 0.1) is 7.11 Å². The molecule has 2 aromatic rings. The molecule has 32 heavy (non-hydrogen) atoms. The van der Waals surface area contributed by atoms with Crippen molar-refractivity contribution in [2.45, 2.75) is 44.7 Å². The zero-order chi connectivity index (χ0) is 22.9. The van der Waals surface area contributed by atoms with Gasteiger partial charge in [-0.2, -0.15) is 0 Å². The van der Waals surface area contributed by atoms with Crippen LogP contribution in [0.25, 0.3) is 0 Å². The van der Waals surface area contributed by atoms with Gasteiger partial charge in [-0.1, -0.05) is 43.5 Å². The van der Waals surface area contributed by atoms with Crippen LogP contribution in [0.2, 0.25) is 0 Å². The molecule has 1 aliphatic rings. The molecule has 1 saturated carbocycles. The van der Waals surface area contributed by atoms with E-state index in [9.17, 15) is 14.7 Å². The number of nitrogens with two attached hydrogens (primary N) is 1. The minimum absolute atomic E-state index is 0.225. The smallest absolute Gasteiger partial charge is 0.321 e. The number of amides is 1. The number of aliphatic carboxylic acids is 1. The summed E-state index contributed by atoms with van der Waals surface area (Å²) in [5.74, 6) is -0.0637. The zero-order valence-electron chi connectivity index (χ0n) is 18.6. The van der Waals surface area contributed by atoms with Gasteiger partial charge in [-0.3, -0.25) is 14.5 Å². The maximum absolute atomic E-state index is 12.8. The van der Waals surface area contributed by atoms with Crippen molar-refractivity contribution in [1.82, 2.24) is 4.90 Å². The summed E-state index contributed by atoms with van der Waals surface area (Å²) in [5, 5.41) is 12.3. The Bertz CT molecular complexity index is 912. The number of ether oxygens (including phenoxy) is 1. The lowest BCUT2D eigenvalue weighted by Gasteiger charge is -2.31. The van der Waals surface area contributed by atoms with E-state index in [4.69, 9.17) is 10.5 Å². The molecule has 1 amide bonds. The lowest BCUT2D eigenvalue weighted by atomic mass is 9.88. The molecule has 7 nitrogen and oxygen atoms in total. The minimum atomic E-state index is -1.00. The molecule has 0 aromatic heterocycles. The molecule has 0 unspecified atom stereocenters. The van der Waals surface area contributed by atoms with Crippen LogP contribution in [-0.4, -0.2) is 48.1 Å². The van der Waals surface area contributed by atoms with Crippen molar-refractivity contribution in [3.63, 3.8) is 0 Å². The second kappa shape index (κ2) is 11.6. The predicted molar refractivity (Wildman–Crippen MR) is 125 cm³/mol. The third kappa shape index (κ3) is 6.80. The quantitative estimate of drug-likeness (QED) is 0.521. The fourth-order valence-corrected chi connectivity index (χ4v) is 4.27. The lowest BCUT2D eigenvalue weighted by molar-refractivity contribution is -0.139. The number of benzene rings is 2. The second-order valence-electron chi connectivity index (χ2n) is 8.49. The molecule has 0 spiro atoms. The highest BCUT2D eigenvalue weighted by molar-refractivity contribution is 6.04. The molecule has 172 valence electrons. The van der Waals surface area contributed by atoms with E-state index in [0.29, 0.717) is 29.5 Å². The molecule has 3 rings (SSSR count). The van der Waals surface area contributed by atoms with Crippen LogP contribution in [0.3, 0.4) is 0 Å². The Morgan fingerprint density at radius 3 is 2.62 bits per heavy atom. The minimum Gasteiger partial charge on any atom is -0.497 e. The van der Waals surface area contributed by atoms with Crippen LogP contribution < -0.4 is 15.8 Å². The number of methoxy groups -OCH3 is 1. The summed E-state index contributed by atoms with van der Waals surface area (Å²) >= 11 is 0. The summed E-state index contributed by atoms with van der Waals surface area (Å²) in [4.78, 5) is 26.3. The van der Waals surface area contributed by atoms with Gasteiger partial charge in [0, 0.05) is 30.9 Å². The van der Waals surface area contributed by atoms with Crippen LogP contribution in [0.15, 0.2) is 48.5 Å². The number of rotatable bonds is 10. The highest BCUT2D eigenvalue weighted by Crippen LogP contribution is 2.26. The predicted octanol–water partition coefficient (Wildman–Crippen LogP) is 3.74. The number of carbonyl (C=O) groups excluding carboxylic acids is 1. The van der Waals surface area contributed by atoms with E-state index < -0.39 is 12.0 Å². The number of hydrogen-bond donors (Lipinski definition) is 3. The van der Waals surface area contributed by atoms with E-state index in [1.165, 1.54) is 19.3 Å². The molecule has 0 bridgehead atoms. The van der Waals surface area contributed by atoms with E-state index in [0.717, 1.165) is 24.9 Å². The number of hydrogen-bond acceptors (Lipinski definition) is 5. The normalized spacial score (nSPS) is 15.3. The number of carboxylic acids is 1. The zero-order valence-corrected chi connectivity index (χ0v) is 18.6. The van der Waals surface area contributed by atoms with Crippen molar-refractivity contribution >= 4 is 17.6 Å². The van der Waals surface area contributed by atoms with Gasteiger partial charge < -0.3 is 20.9 Å². The Balaban J connectivity index is 1.75. The Kier molecular flexibility index (Phi) is 8.64. The van der Waals surface area contributed by atoms with E-state index >= 15 is 0 Å². The first-order valence-corrected chi connectivity index (χ1v) is 11.2. The molecule has 0 saturated heterocycles. The summed E-state index contributed by atoms with van der Waals surface area (Å²) in [6.45, 7) is 1.59. The molecule has 1 aliphatic carbocycles. The monoisotopic (exact) mass is 439 g/mol. The Hall–Kier alpha value is -2.90. The molecule has 1 fully saturated rings. The number of carbonyl (C=O) groups is 2. The van der Waals surface area contributed by atoms with Gasteiger partial charge in [0.25, 0.3) is 5.91 Å². The van der Waals surface area contributed by atoms with Gasteiger partial charge in [-0.15, -0.1) is 0 Å². The number of para-hydroxylation sites is 1. The molecule has 0 heterocycles. The molecule has 2 aromatic carbocycles. The van der Waals surface area contributed by atoms with Crippen molar-refractivity contribution in [3.8, 4) is 5.75 Å². The molecule has 7 heteroatoms. The summed E-state index contributed by atoms with van der Waals surface area (Å²) in [6.07, 6.45) is 6.03. The van der Waals surface area contributed by atoms with Crippen LogP contribution >= 0.6 is 0 Å². The summed E-state index contributed by atoms with van der Waals surface area (Å²) < 4.78 is 5.21. The first-order valence-electron chi connectivity index (χ1n) is 11.2. The van der Waals surface area contributed by atoms with Crippen molar-refractivity contribution in [2.75, 3.05) is 25.5 Å². The number of nitrogens with zero attached hydrogens (tertiary/aromatic N) is 1. The maximum atomic E-state index is 12.8. The standard InChI is InChI=1S/C25H33N3O4/c1-32-21-12-7-11-19(14-21)24(29)27-23-13-6-5-10-20(23)16-28(17-22(26)25(30)31)15-18-8-3-2-4-9-18/h5-7,10-14,18,22H,2-4,8-9,15-17,26H2,1H3,(H,27,29)(H,30,31)/t22-/m0/s1. The van der Waals surface area contributed by atoms with Crippen LogP contribution in [0.1, 0.15) is 48.0 Å². The van der Waals surface area contributed by atoms with Crippen molar-refractivity contribution < 1.29 is 19.4 Å². The third-order valence-corrected chi connectivity index (χ3v) is 6.00. The average molecular weight is 440 g/mol. The fraction of sp³-hybridized carbons (Fsp3) is 0.440. The summed E-state index contributed by atoms with van der Waals surface area (Å²) in [6, 6.07) is 13.7. The van der Waals surface area contributed by atoms with Gasteiger partial charge in [-0.05, 0) is 48.6 Å². The highest BCUT2D eigenvalue weighted by Gasteiger charge is 2.22. The van der Waals surface area contributed by atoms with Gasteiger partial charge in [0.1, 0.15) is 11.8 Å². The fourth-order valence-electron chi connectivity index (χ4n) is 4.27. The Morgan fingerprint density at radius 2 is 1.91 bits per heavy atom. The summed E-state index contributed by atoms with van der Waals surface area (Å²) in [7, 11) is 1.56. The van der Waals surface area contributed by atoms with Crippen LogP contribution in [-0.2, 0) is 11.3 Å². The Labute approximate surface area is 189 Å². The second-order valence-corrected chi connectivity index (χ2v) is 8.49. The topological polar surface area (TPSA) is 105 Å². The number of carboxylic acid groups (broad SMARTS) is 1. The maximum Gasteiger partial charge on any atom is 0.321 e. The molecule has 4 N–H and O–H groups in total. The van der Waals surface area contributed by atoms with Gasteiger partial charge in [0.2, 0.25) is 0 Å². The number of anilines is 1. The van der Waals surface area contributed by atoms with E-state index in [-0.39, 0.29) is 12.5 Å². The van der Waals surface area contributed by atoms with Crippen LogP contribution in [0.4, 0.5) is 5.69 Å². The average Bonchev–Trinajstić information content (AvgIpc) is 2.80. The Morgan fingerprint density at radius 1 is 1.16 bits per heavy atom. The van der Waals surface area contributed by atoms with Crippen molar-refractivity contribution in [2.24, 2.45) is 11.7 Å². The number of nitrogens with one attached hydrogen (secondary N) is 1. The molecular weight excluding hydrogens is 406 g/mol. The SMILES string of the molecule is COc1cccc(C(=O)Nc2ccccc2CN(CC2CCCCC2)C[C@H](N)C(=O)O)c1. The van der Waals surface area contributed by atoms with Gasteiger partial charge in [0.15, 0.2) is 0 Å². The molecular formula is C25H33N3O4. The molecule has 1 atom stereocenters. The summed E-state index contributed by atoms with van der Waals surface area (Å²) in [5.41, 5.74) is 8.02. The van der Waals surface area contributed by atoms with Crippen molar-refractivity contribution in [1.29, 1.82) is 0 Å². The van der Waals surface area contributed by atoms with E-state index in [1.807, 2.05) is 24.3 Å². The van der Waals surface area contributed by atoms with E-state index in [1.54, 1.807) is 31.4 Å². The first kappa shape index (κ1) is 23.8. The van der Waals surface area contributed by atoms with Crippen molar-refractivity contribution in [3.05, 3.63) is 59.7 Å². The largest absolute Gasteiger partial charge is 0.497 e. The highest BCUT2D eigenvalue weighted by atomic mass is 16.5. The van der Waals surface area contributed by atoms with Crippen LogP contribution in [0, 0.1) is 5.92 Å². The molecule has 0 aliphatic heterocycles. The van der Waals surface area contributed by atoms with Gasteiger partial charge >= 0.3 is 5.97 Å². The van der Waals surface area contributed by atoms with Gasteiger partial charge in [-0.25, -0.2) is 0 Å². The van der Waals surface area contributed by atoms with E-state index in [2.05, 4.69) is 10.2 Å². The van der Waals surface area contributed by atoms with Crippen LogP contribution in [0.5, 0.6) is 5.75 Å². The molecule has 0 radical (unpaired) electrons. The lowest BCUT2D eigenvalue weighted by Crippen LogP contribution is -2.44.